The Hall–Kier alpha value is -3.64. The highest BCUT2D eigenvalue weighted by Gasteiger charge is 2.30. The number of carbonyl (C=O) groups excluding carboxylic acids is 2. The highest BCUT2D eigenvalue weighted by atomic mass is 16.5. The maximum absolute atomic E-state index is 13.6. The lowest BCUT2D eigenvalue weighted by Crippen LogP contribution is -2.42. The molecule has 40 heavy (non-hydrogen) atoms. The third kappa shape index (κ3) is 5.78. The van der Waals surface area contributed by atoms with Gasteiger partial charge in [0.05, 0.1) is 19.7 Å². The van der Waals surface area contributed by atoms with E-state index in [1.807, 2.05) is 21.7 Å². The number of nitrogens with zero attached hydrogens (tertiary/aromatic N) is 5. The molecule has 0 unspecified atom stereocenters. The van der Waals surface area contributed by atoms with Crippen molar-refractivity contribution in [3.63, 3.8) is 0 Å². The van der Waals surface area contributed by atoms with E-state index in [1.165, 1.54) is 0 Å². The molecule has 0 radical (unpaired) electrons. The van der Waals surface area contributed by atoms with Crippen LogP contribution >= 0.6 is 0 Å². The van der Waals surface area contributed by atoms with E-state index in [-0.39, 0.29) is 11.8 Å². The number of ether oxygens (including phenoxy) is 2. The number of hydrogen-bond acceptors (Lipinski definition) is 9. The zero-order valence-corrected chi connectivity index (χ0v) is 22.8. The Morgan fingerprint density at radius 3 is 2.55 bits per heavy atom. The van der Waals surface area contributed by atoms with Crippen molar-refractivity contribution in [1.29, 1.82) is 0 Å². The van der Waals surface area contributed by atoms with Gasteiger partial charge in [-0.15, -0.1) is 0 Å². The van der Waals surface area contributed by atoms with Crippen LogP contribution in [-0.2, 0) is 17.7 Å². The molecule has 2 amide bonds. The van der Waals surface area contributed by atoms with Crippen LogP contribution in [0.5, 0.6) is 5.88 Å². The minimum absolute atomic E-state index is 0.0258. The largest absolute Gasteiger partial charge is 0.477 e. The zero-order valence-electron chi connectivity index (χ0n) is 22.8. The Morgan fingerprint density at radius 1 is 1.00 bits per heavy atom. The van der Waals surface area contributed by atoms with Crippen molar-refractivity contribution in [2.75, 3.05) is 46.0 Å². The fourth-order valence-corrected chi connectivity index (χ4v) is 5.63. The van der Waals surface area contributed by atoms with E-state index in [2.05, 4.69) is 10.5 Å². The van der Waals surface area contributed by atoms with Gasteiger partial charge in [0.25, 0.3) is 11.8 Å². The van der Waals surface area contributed by atoms with Crippen molar-refractivity contribution in [1.82, 2.24) is 30.0 Å². The highest BCUT2D eigenvalue weighted by Crippen LogP contribution is 2.40. The van der Waals surface area contributed by atoms with Crippen LogP contribution in [0.25, 0.3) is 0 Å². The van der Waals surface area contributed by atoms with Crippen molar-refractivity contribution in [2.45, 2.75) is 51.0 Å². The summed E-state index contributed by atoms with van der Waals surface area (Å²) in [6.45, 7) is 4.55. The Kier molecular flexibility index (Phi) is 7.61. The number of carbonyl (C=O) groups is 2. The molecule has 2 aromatic rings. The van der Waals surface area contributed by atoms with Crippen LogP contribution in [0.2, 0.25) is 0 Å². The smallest absolute Gasteiger partial charge is 0.274 e. The number of rotatable bonds is 7. The number of nitrogens with one attached hydrogen (secondary N) is 1. The first-order chi connectivity index (χ1) is 19.5. The first-order valence-electron chi connectivity index (χ1n) is 14.3. The van der Waals surface area contributed by atoms with E-state index in [9.17, 15) is 9.59 Å². The lowest BCUT2D eigenvalue weighted by molar-refractivity contribution is 0.0490. The van der Waals surface area contributed by atoms with Crippen LogP contribution in [0.1, 0.15) is 70.3 Å². The third-order valence-corrected chi connectivity index (χ3v) is 8.30. The van der Waals surface area contributed by atoms with Gasteiger partial charge in [-0.2, -0.15) is 5.10 Å². The number of nitrogens with two attached hydrogens (primary N) is 2. The number of pyridine rings is 1. The average Bonchev–Trinajstić information content (AvgIpc) is 3.79. The number of fused-ring (bicyclic) bond motifs is 1. The molecule has 0 spiro atoms. The molecule has 1 aliphatic carbocycles. The maximum Gasteiger partial charge on any atom is 0.274 e. The molecule has 5 heterocycles. The van der Waals surface area contributed by atoms with Crippen molar-refractivity contribution in [3.05, 3.63) is 52.2 Å². The summed E-state index contributed by atoms with van der Waals surface area (Å²) in [4.78, 5) is 35.0. The van der Waals surface area contributed by atoms with Crippen LogP contribution in [-0.4, -0.2) is 82.4 Å². The normalized spacial score (nSPS) is 20.2. The Labute approximate surface area is 233 Å². The minimum Gasteiger partial charge on any atom is -0.477 e. The zero-order chi connectivity index (χ0) is 27.6. The molecule has 0 bridgehead atoms. The van der Waals surface area contributed by atoms with Crippen molar-refractivity contribution >= 4 is 11.8 Å². The van der Waals surface area contributed by atoms with E-state index in [0.29, 0.717) is 86.8 Å². The van der Waals surface area contributed by atoms with Gasteiger partial charge in [0.1, 0.15) is 0 Å². The second kappa shape index (κ2) is 11.5. The first-order valence-corrected chi connectivity index (χ1v) is 14.3. The molecule has 2 fully saturated rings. The van der Waals surface area contributed by atoms with Gasteiger partial charge in [-0.05, 0) is 43.7 Å². The summed E-state index contributed by atoms with van der Waals surface area (Å²) in [6.07, 6.45) is 5.36. The van der Waals surface area contributed by atoms with E-state index in [1.54, 1.807) is 11.0 Å². The van der Waals surface area contributed by atoms with E-state index in [4.69, 9.17) is 26.0 Å². The van der Waals surface area contributed by atoms with Gasteiger partial charge in [-0.1, -0.05) is 0 Å². The lowest BCUT2D eigenvalue weighted by atomic mass is 10.0. The van der Waals surface area contributed by atoms with Gasteiger partial charge >= 0.3 is 0 Å². The number of hydrazine groups is 1. The van der Waals surface area contributed by atoms with Gasteiger partial charge in [0, 0.05) is 86.0 Å². The predicted octanol–water partition coefficient (Wildman–Crippen LogP) is 1.14. The molecule has 5 N–H and O–H groups in total. The Balaban J connectivity index is 1.11. The highest BCUT2D eigenvalue weighted by molar-refractivity contribution is 5.95. The fraction of sp³-hybridized carbons (Fsp3) is 0.571. The van der Waals surface area contributed by atoms with Gasteiger partial charge in [-0.3, -0.25) is 20.1 Å². The predicted molar refractivity (Wildman–Crippen MR) is 146 cm³/mol. The molecule has 0 aromatic carbocycles. The summed E-state index contributed by atoms with van der Waals surface area (Å²) in [7, 11) is 0. The maximum atomic E-state index is 13.6. The summed E-state index contributed by atoms with van der Waals surface area (Å²) >= 11 is 0. The SMILES string of the molecule is NNC1=C(N)CN(C(=O)c2cc3n(n2)CCN(C(=O)c2cc(OCC4CCOCC4)nc(C4CC4)c2)CC3)CC1. The Bertz CT molecular complexity index is 1270. The van der Waals surface area contributed by atoms with E-state index >= 15 is 0 Å². The van der Waals surface area contributed by atoms with Gasteiger partial charge in [0.15, 0.2) is 5.69 Å². The van der Waals surface area contributed by atoms with Crippen molar-refractivity contribution < 1.29 is 19.1 Å². The van der Waals surface area contributed by atoms with E-state index in [0.717, 1.165) is 56.0 Å². The molecule has 6 rings (SSSR count). The standard InChI is InChI=1S/C28H38N8O4/c29-22-16-35(8-4-23(22)32-30)28(38)25-15-21-3-7-34(9-10-36(21)33-25)27(37)20-13-24(19-1-2-19)31-26(14-20)40-17-18-5-11-39-12-6-18/h13-15,18-19,32H,1-12,16-17,29-30H2. The van der Waals surface area contributed by atoms with Crippen LogP contribution in [0.4, 0.5) is 0 Å². The Morgan fingerprint density at radius 2 is 1.80 bits per heavy atom. The molecule has 0 atom stereocenters. The van der Waals surface area contributed by atoms with Crippen LogP contribution < -0.4 is 21.7 Å². The average molecular weight is 551 g/mol. The van der Waals surface area contributed by atoms with E-state index < -0.39 is 0 Å². The van der Waals surface area contributed by atoms with Crippen LogP contribution in [0, 0.1) is 5.92 Å². The molecule has 2 aromatic heterocycles. The van der Waals surface area contributed by atoms with Gasteiger partial charge in [-0.25, -0.2) is 4.98 Å². The molecule has 1 saturated carbocycles. The number of hydrogen-bond donors (Lipinski definition) is 3. The second-order valence-corrected chi connectivity index (χ2v) is 11.2. The topological polar surface area (TPSA) is 154 Å². The van der Waals surface area contributed by atoms with Crippen LogP contribution in [0.15, 0.2) is 29.6 Å². The summed E-state index contributed by atoms with van der Waals surface area (Å²) in [6, 6.07) is 5.57. The van der Waals surface area contributed by atoms with Gasteiger partial charge < -0.3 is 30.4 Å². The number of amides is 2. The first kappa shape index (κ1) is 26.6. The third-order valence-electron chi connectivity index (χ3n) is 8.30. The molecular weight excluding hydrogens is 512 g/mol. The minimum atomic E-state index is -0.148. The molecule has 12 nitrogen and oxygen atoms in total. The summed E-state index contributed by atoms with van der Waals surface area (Å²) in [5.41, 5.74) is 12.9. The molecule has 3 aliphatic heterocycles. The summed E-state index contributed by atoms with van der Waals surface area (Å²) in [5, 5.41) is 4.60. The van der Waals surface area contributed by atoms with Crippen LogP contribution in [0.3, 0.4) is 0 Å². The van der Waals surface area contributed by atoms with Gasteiger partial charge in [0.2, 0.25) is 5.88 Å². The molecule has 1 saturated heterocycles. The molecule has 4 aliphatic rings. The second-order valence-electron chi connectivity index (χ2n) is 11.2. The summed E-state index contributed by atoms with van der Waals surface area (Å²) in [5.74, 6) is 6.72. The van der Waals surface area contributed by atoms with Crippen molar-refractivity contribution in [3.8, 4) is 5.88 Å². The molecule has 214 valence electrons. The lowest BCUT2D eigenvalue weighted by Gasteiger charge is -2.28. The molecular formula is C28H38N8O4. The monoisotopic (exact) mass is 550 g/mol. The fourth-order valence-electron chi connectivity index (χ4n) is 5.63. The molecule has 12 heteroatoms. The quantitative estimate of drug-likeness (QED) is 0.340. The van der Waals surface area contributed by atoms with Crippen molar-refractivity contribution in [2.24, 2.45) is 17.5 Å². The summed E-state index contributed by atoms with van der Waals surface area (Å²) < 4.78 is 13.4. The number of aromatic nitrogens is 3.